The van der Waals surface area contributed by atoms with Gasteiger partial charge in [-0.05, 0) is 48.5 Å². The Morgan fingerprint density at radius 1 is 0.821 bits per heavy atom. The van der Waals surface area contributed by atoms with Crippen LogP contribution >= 0.6 is 35.0 Å². The normalized spacial score (nSPS) is 10.4. The molecule has 0 aromatic heterocycles. The number of carbonyl (C=O) groups excluding carboxylic acids is 2. The van der Waals surface area contributed by atoms with Crippen molar-refractivity contribution in [1.29, 1.82) is 0 Å². The number of nitrogens with one attached hydrogen (secondary N) is 2. The maximum Gasteiger partial charge on any atom is 0.257 e. The third-order valence-electron chi connectivity index (χ3n) is 3.70. The molecular formula is C21H16Cl2N2O2S. The van der Waals surface area contributed by atoms with Crippen LogP contribution in [0, 0.1) is 0 Å². The first-order valence-corrected chi connectivity index (χ1v) is 10.1. The van der Waals surface area contributed by atoms with Gasteiger partial charge < -0.3 is 10.6 Å². The minimum atomic E-state index is -0.328. The minimum Gasteiger partial charge on any atom is -0.325 e. The van der Waals surface area contributed by atoms with Gasteiger partial charge in [-0.3, -0.25) is 9.59 Å². The van der Waals surface area contributed by atoms with E-state index in [1.165, 1.54) is 17.8 Å². The fourth-order valence-electron chi connectivity index (χ4n) is 2.40. The molecule has 4 nitrogen and oxygen atoms in total. The Bertz CT molecular complexity index is 997. The zero-order valence-corrected chi connectivity index (χ0v) is 16.9. The van der Waals surface area contributed by atoms with Gasteiger partial charge in [0, 0.05) is 21.3 Å². The summed E-state index contributed by atoms with van der Waals surface area (Å²) < 4.78 is 0. The van der Waals surface area contributed by atoms with Gasteiger partial charge >= 0.3 is 0 Å². The molecule has 0 aliphatic carbocycles. The zero-order valence-electron chi connectivity index (χ0n) is 14.6. The van der Waals surface area contributed by atoms with Gasteiger partial charge in [0.2, 0.25) is 5.91 Å². The second kappa shape index (κ2) is 9.64. The van der Waals surface area contributed by atoms with Crippen LogP contribution in [0.15, 0.2) is 77.7 Å². The summed E-state index contributed by atoms with van der Waals surface area (Å²) in [5, 5.41) is 6.39. The van der Waals surface area contributed by atoms with Gasteiger partial charge in [0.15, 0.2) is 0 Å². The maximum absolute atomic E-state index is 12.4. The third-order valence-corrected chi connectivity index (χ3v) is 5.24. The van der Waals surface area contributed by atoms with Crippen molar-refractivity contribution in [3.63, 3.8) is 0 Å². The molecule has 0 aliphatic rings. The number of anilines is 2. The number of para-hydroxylation sites is 1. The molecule has 0 aliphatic heterocycles. The number of halogens is 2. The first-order chi connectivity index (χ1) is 13.5. The second-order valence-electron chi connectivity index (χ2n) is 5.81. The Hall–Kier alpha value is -2.47. The summed E-state index contributed by atoms with van der Waals surface area (Å²) in [6.45, 7) is 0. The summed E-state index contributed by atoms with van der Waals surface area (Å²) in [4.78, 5) is 25.4. The SMILES string of the molecule is O=C(CSc1cccc(NC(=O)c2ccc(Cl)cc2Cl)c1)Nc1ccccc1. The summed E-state index contributed by atoms with van der Waals surface area (Å²) in [7, 11) is 0. The number of rotatable bonds is 6. The topological polar surface area (TPSA) is 58.2 Å². The number of carbonyl (C=O) groups is 2. The van der Waals surface area contributed by atoms with Crippen LogP contribution in [0.2, 0.25) is 10.0 Å². The number of hydrogen-bond donors (Lipinski definition) is 2. The fraction of sp³-hybridized carbons (Fsp3) is 0.0476. The number of benzene rings is 3. The summed E-state index contributed by atoms with van der Waals surface area (Å²) in [6.07, 6.45) is 0. The highest BCUT2D eigenvalue weighted by Gasteiger charge is 2.11. The van der Waals surface area contributed by atoms with Crippen molar-refractivity contribution in [1.82, 2.24) is 0 Å². The van der Waals surface area contributed by atoms with Crippen molar-refractivity contribution in [2.75, 3.05) is 16.4 Å². The number of hydrogen-bond acceptors (Lipinski definition) is 3. The summed E-state index contributed by atoms with van der Waals surface area (Å²) in [6, 6.07) is 21.3. The molecule has 2 N–H and O–H groups in total. The Morgan fingerprint density at radius 3 is 2.32 bits per heavy atom. The van der Waals surface area contributed by atoms with E-state index in [-0.39, 0.29) is 22.6 Å². The number of amides is 2. The highest BCUT2D eigenvalue weighted by molar-refractivity contribution is 8.00. The Labute approximate surface area is 177 Å². The van der Waals surface area contributed by atoms with Gasteiger partial charge in [-0.1, -0.05) is 47.5 Å². The van der Waals surface area contributed by atoms with E-state index >= 15 is 0 Å². The lowest BCUT2D eigenvalue weighted by Gasteiger charge is -2.09. The molecule has 3 aromatic rings. The molecule has 28 heavy (non-hydrogen) atoms. The summed E-state index contributed by atoms with van der Waals surface area (Å²) in [5.74, 6) is -0.167. The first kappa shape index (κ1) is 20.3. The molecule has 0 saturated heterocycles. The van der Waals surface area contributed by atoms with Crippen LogP contribution in [0.25, 0.3) is 0 Å². The standard InChI is InChI=1S/C21H16Cl2N2O2S/c22-14-9-10-18(19(23)11-14)21(27)25-16-7-4-8-17(12-16)28-13-20(26)24-15-5-2-1-3-6-15/h1-12H,13H2,(H,24,26)(H,25,27). The van der Waals surface area contributed by atoms with Gasteiger partial charge in [-0.15, -0.1) is 11.8 Å². The lowest BCUT2D eigenvalue weighted by molar-refractivity contribution is -0.113. The van der Waals surface area contributed by atoms with E-state index in [9.17, 15) is 9.59 Å². The van der Waals surface area contributed by atoms with Crippen LogP contribution < -0.4 is 10.6 Å². The van der Waals surface area contributed by atoms with Gasteiger partial charge in [0.05, 0.1) is 16.3 Å². The Morgan fingerprint density at radius 2 is 1.57 bits per heavy atom. The third kappa shape index (κ3) is 5.76. The molecule has 7 heteroatoms. The maximum atomic E-state index is 12.4. The Kier molecular flexibility index (Phi) is 6.98. The van der Waals surface area contributed by atoms with Crippen molar-refractivity contribution in [2.45, 2.75) is 4.90 Å². The molecule has 3 aromatic carbocycles. The smallest absolute Gasteiger partial charge is 0.257 e. The van der Waals surface area contributed by atoms with Crippen molar-refractivity contribution >= 4 is 58.2 Å². The van der Waals surface area contributed by atoms with E-state index in [0.29, 0.717) is 16.3 Å². The zero-order chi connectivity index (χ0) is 19.9. The van der Waals surface area contributed by atoms with E-state index in [1.54, 1.807) is 18.2 Å². The van der Waals surface area contributed by atoms with Crippen molar-refractivity contribution in [3.05, 3.63) is 88.4 Å². The molecule has 0 atom stereocenters. The second-order valence-corrected chi connectivity index (χ2v) is 7.70. The van der Waals surface area contributed by atoms with E-state index in [1.807, 2.05) is 48.5 Å². The molecule has 0 radical (unpaired) electrons. The average molecular weight is 431 g/mol. The minimum absolute atomic E-state index is 0.0985. The average Bonchev–Trinajstić information content (AvgIpc) is 2.67. The van der Waals surface area contributed by atoms with Crippen molar-refractivity contribution in [2.24, 2.45) is 0 Å². The molecule has 0 bridgehead atoms. The van der Waals surface area contributed by atoms with Crippen LogP contribution in [0.1, 0.15) is 10.4 Å². The quantitative estimate of drug-likeness (QED) is 0.473. The molecule has 0 unspecified atom stereocenters. The van der Waals surface area contributed by atoms with Crippen molar-refractivity contribution in [3.8, 4) is 0 Å². The highest BCUT2D eigenvalue weighted by Crippen LogP contribution is 2.25. The molecule has 142 valence electrons. The molecule has 2 amide bonds. The molecule has 0 spiro atoms. The first-order valence-electron chi connectivity index (χ1n) is 8.35. The lowest BCUT2D eigenvalue weighted by Crippen LogP contribution is -2.14. The van der Waals surface area contributed by atoms with Gasteiger partial charge in [0.1, 0.15) is 0 Å². The summed E-state index contributed by atoms with van der Waals surface area (Å²) in [5.41, 5.74) is 1.71. The van der Waals surface area contributed by atoms with Crippen LogP contribution in [0.3, 0.4) is 0 Å². The van der Waals surface area contributed by atoms with Gasteiger partial charge in [0.25, 0.3) is 5.91 Å². The van der Waals surface area contributed by atoms with E-state index in [4.69, 9.17) is 23.2 Å². The van der Waals surface area contributed by atoms with Gasteiger partial charge in [-0.25, -0.2) is 0 Å². The van der Waals surface area contributed by atoms with E-state index in [0.717, 1.165) is 10.6 Å². The van der Waals surface area contributed by atoms with Crippen LogP contribution in [-0.2, 0) is 4.79 Å². The number of thioether (sulfide) groups is 1. The lowest BCUT2D eigenvalue weighted by atomic mass is 10.2. The predicted molar refractivity (Wildman–Crippen MR) is 117 cm³/mol. The van der Waals surface area contributed by atoms with Crippen LogP contribution in [0.5, 0.6) is 0 Å². The van der Waals surface area contributed by atoms with Gasteiger partial charge in [-0.2, -0.15) is 0 Å². The predicted octanol–water partition coefficient (Wildman–Crippen LogP) is 5.98. The molecule has 0 fully saturated rings. The van der Waals surface area contributed by atoms with E-state index in [2.05, 4.69) is 10.6 Å². The molecule has 3 rings (SSSR count). The summed E-state index contributed by atoms with van der Waals surface area (Å²) >= 11 is 13.3. The monoisotopic (exact) mass is 430 g/mol. The van der Waals surface area contributed by atoms with Crippen LogP contribution in [0.4, 0.5) is 11.4 Å². The molecular weight excluding hydrogens is 415 g/mol. The van der Waals surface area contributed by atoms with Crippen LogP contribution in [-0.4, -0.2) is 17.6 Å². The van der Waals surface area contributed by atoms with Crippen molar-refractivity contribution < 1.29 is 9.59 Å². The largest absolute Gasteiger partial charge is 0.325 e. The van der Waals surface area contributed by atoms with E-state index < -0.39 is 0 Å². The molecule has 0 saturated carbocycles. The highest BCUT2D eigenvalue weighted by atomic mass is 35.5. The fourth-order valence-corrected chi connectivity index (χ4v) is 3.65. The molecule has 0 heterocycles. The Balaban J connectivity index is 1.59.